The Morgan fingerprint density at radius 2 is 1.79 bits per heavy atom. The zero-order valence-electron chi connectivity index (χ0n) is 21.7. The maximum atomic E-state index is 13.0. The number of carbonyl (C=O) groups is 2. The Labute approximate surface area is 228 Å². The number of hydrogen-bond acceptors (Lipinski definition) is 4. The molecule has 0 unspecified atom stereocenters. The molecule has 6 heteroatoms. The van der Waals surface area contributed by atoms with Gasteiger partial charge in [0.2, 0.25) is 5.91 Å². The molecule has 2 N–H and O–H groups in total. The van der Waals surface area contributed by atoms with Crippen molar-refractivity contribution < 1.29 is 14.7 Å². The minimum absolute atomic E-state index is 0.0295. The molecule has 1 aliphatic carbocycles. The summed E-state index contributed by atoms with van der Waals surface area (Å²) < 4.78 is 0. The number of nitrogens with one attached hydrogen (secondary N) is 1. The van der Waals surface area contributed by atoms with Gasteiger partial charge < -0.3 is 10.4 Å². The van der Waals surface area contributed by atoms with E-state index in [1.807, 2.05) is 48.7 Å². The molecule has 3 aromatic carbocycles. The molecule has 6 rings (SSSR count). The summed E-state index contributed by atoms with van der Waals surface area (Å²) in [5.74, 6) is -0.489. The molecule has 1 fully saturated rings. The number of hydrogen-bond donors (Lipinski definition) is 2. The quantitative estimate of drug-likeness (QED) is 0.326. The van der Waals surface area contributed by atoms with E-state index >= 15 is 0 Å². The number of aromatic carboxylic acids is 1. The Kier molecular flexibility index (Phi) is 6.95. The predicted octanol–water partition coefficient (Wildman–Crippen LogP) is 5.43. The van der Waals surface area contributed by atoms with Crippen molar-refractivity contribution in [2.75, 3.05) is 6.54 Å². The number of nitrogens with zero attached hydrogens (tertiary/aromatic N) is 2. The van der Waals surface area contributed by atoms with Crippen LogP contribution in [0.2, 0.25) is 0 Å². The van der Waals surface area contributed by atoms with Crippen LogP contribution in [0.25, 0.3) is 11.1 Å². The van der Waals surface area contributed by atoms with Crippen LogP contribution in [0.15, 0.2) is 91.1 Å². The van der Waals surface area contributed by atoms with Gasteiger partial charge in [0.25, 0.3) is 0 Å². The molecule has 1 aromatic heterocycles. The van der Waals surface area contributed by atoms with Gasteiger partial charge >= 0.3 is 5.97 Å². The lowest BCUT2D eigenvalue weighted by Gasteiger charge is -2.32. The van der Waals surface area contributed by atoms with Crippen molar-refractivity contribution in [1.29, 1.82) is 0 Å². The third-order valence-corrected chi connectivity index (χ3v) is 7.93. The van der Waals surface area contributed by atoms with Gasteiger partial charge in [-0.15, -0.1) is 0 Å². The molecule has 6 nitrogen and oxygen atoms in total. The molecular weight excluding hydrogens is 486 g/mol. The van der Waals surface area contributed by atoms with Gasteiger partial charge in [0.05, 0.1) is 11.3 Å². The molecule has 2 heterocycles. The lowest BCUT2D eigenvalue weighted by molar-refractivity contribution is -0.122. The summed E-state index contributed by atoms with van der Waals surface area (Å²) in [5.41, 5.74) is 8.06. The van der Waals surface area contributed by atoms with Crippen LogP contribution in [-0.4, -0.2) is 33.4 Å². The summed E-state index contributed by atoms with van der Waals surface area (Å²) in [4.78, 5) is 31.5. The fourth-order valence-electron chi connectivity index (χ4n) is 5.77. The molecule has 0 spiro atoms. The van der Waals surface area contributed by atoms with Gasteiger partial charge in [-0.25, -0.2) is 4.79 Å². The molecule has 1 amide bonds. The second-order valence-electron chi connectivity index (χ2n) is 10.5. The highest BCUT2D eigenvalue weighted by Crippen LogP contribution is 2.47. The molecule has 2 atom stereocenters. The SMILES string of the molecule is O=C(O)c1cccc(-c2ccc(CNC(=O)[C@H]3C[C@H]3c3ccccc3)c3c2CCN(Cc2ccccn2)C3)c1. The fourth-order valence-corrected chi connectivity index (χ4v) is 5.77. The predicted molar refractivity (Wildman–Crippen MR) is 150 cm³/mol. The number of carboxylic acid groups (broad SMARTS) is 1. The summed E-state index contributed by atoms with van der Waals surface area (Å²) in [5, 5.41) is 12.7. The number of carboxylic acids is 1. The van der Waals surface area contributed by atoms with Crippen LogP contribution in [0.4, 0.5) is 0 Å². The van der Waals surface area contributed by atoms with E-state index in [4.69, 9.17) is 0 Å². The molecule has 196 valence electrons. The molecule has 0 radical (unpaired) electrons. The molecular formula is C33H31N3O3. The van der Waals surface area contributed by atoms with Crippen LogP contribution in [0.3, 0.4) is 0 Å². The van der Waals surface area contributed by atoms with Crippen LogP contribution in [0.1, 0.15) is 50.6 Å². The normalized spacial score (nSPS) is 18.3. The van der Waals surface area contributed by atoms with Gasteiger partial charge in [-0.1, -0.05) is 60.7 Å². The largest absolute Gasteiger partial charge is 0.478 e. The number of rotatable bonds is 8. The maximum absolute atomic E-state index is 13.0. The minimum atomic E-state index is -0.930. The Morgan fingerprint density at radius 1 is 0.949 bits per heavy atom. The molecule has 4 aromatic rings. The van der Waals surface area contributed by atoms with E-state index in [2.05, 4.69) is 39.5 Å². The smallest absolute Gasteiger partial charge is 0.335 e. The highest BCUT2D eigenvalue weighted by molar-refractivity contribution is 5.89. The number of aromatic nitrogens is 1. The number of carbonyl (C=O) groups excluding carboxylic acids is 1. The van der Waals surface area contributed by atoms with E-state index in [1.165, 1.54) is 16.7 Å². The van der Waals surface area contributed by atoms with Gasteiger partial charge in [-0.3, -0.25) is 14.7 Å². The van der Waals surface area contributed by atoms with Crippen LogP contribution in [0.5, 0.6) is 0 Å². The van der Waals surface area contributed by atoms with Crippen molar-refractivity contribution in [3.8, 4) is 11.1 Å². The molecule has 1 aliphatic heterocycles. The zero-order chi connectivity index (χ0) is 26.8. The van der Waals surface area contributed by atoms with E-state index in [9.17, 15) is 14.7 Å². The lowest BCUT2D eigenvalue weighted by atomic mass is 9.87. The third-order valence-electron chi connectivity index (χ3n) is 7.93. The Bertz CT molecular complexity index is 1500. The summed E-state index contributed by atoms with van der Waals surface area (Å²) in [7, 11) is 0. The van der Waals surface area contributed by atoms with E-state index in [1.54, 1.807) is 18.2 Å². The van der Waals surface area contributed by atoms with Gasteiger partial charge in [0.15, 0.2) is 0 Å². The maximum Gasteiger partial charge on any atom is 0.335 e. The molecule has 2 aliphatic rings. The molecule has 0 saturated heterocycles. The Hall–Kier alpha value is -4.29. The second kappa shape index (κ2) is 10.8. The topological polar surface area (TPSA) is 82.5 Å². The van der Waals surface area contributed by atoms with Gasteiger partial charge in [-0.2, -0.15) is 0 Å². The van der Waals surface area contributed by atoms with Crippen LogP contribution in [0, 0.1) is 5.92 Å². The number of pyridine rings is 1. The lowest BCUT2D eigenvalue weighted by Crippen LogP contribution is -2.33. The first kappa shape index (κ1) is 25.0. The van der Waals surface area contributed by atoms with Crippen molar-refractivity contribution in [1.82, 2.24) is 15.2 Å². The minimum Gasteiger partial charge on any atom is -0.478 e. The summed E-state index contributed by atoms with van der Waals surface area (Å²) in [6.45, 7) is 2.86. The highest BCUT2D eigenvalue weighted by atomic mass is 16.4. The van der Waals surface area contributed by atoms with E-state index in [0.29, 0.717) is 12.5 Å². The van der Waals surface area contributed by atoms with Crippen LogP contribution >= 0.6 is 0 Å². The van der Waals surface area contributed by atoms with E-state index in [0.717, 1.165) is 54.9 Å². The molecule has 0 bridgehead atoms. The molecule has 1 saturated carbocycles. The third kappa shape index (κ3) is 5.47. The van der Waals surface area contributed by atoms with Crippen molar-refractivity contribution in [2.45, 2.75) is 38.4 Å². The van der Waals surface area contributed by atoms with E-state index in [-0.39, 0.29) is 17.4 Å². The standard InChI is InChI=1S/C33H31N3O3/c37-32(30-18-29(30)22-7-2-1-3-8-22)35-19-25-12-13-27(23-9-6-10-24(17-23)33(38)39)28-14-16-36(21-31(25)28)20-26-11-4-5-15-34-26/h1-13,15,17,29-30H,14,16,18-21H2,(H,35,37)(H,38,39)/t29-,30-/m0/s1. The van der Waals surface area contributed by atoms with Gasteiger partial charge in [-0.05, 0) is 76.4 Å². The van der Waals surface area contributed by atoms with Crippen LogP contribution < -0.4 is 5.32 Å². The monoisotopic (exact) mass is 517 g/mol. The first-order chi connectivity index (χ1) is 19.1. The van der Waals surface area contributed by atoms with Crippen molar-refractivity contribution in [3.63, 3.8) is 0 Å². The average Bonchev–Trinajstić information content (AvgIpc) is 3.78. The van der Waals surface area contributed by atoms with Crippen LogP contribution in [-0.2, 0) is 30.8 Å². The van der Waals surface area contributed by atoms with Gasteiger partial charge in [0, 0.05) is 38.3 Å². The zero-order valence-corrected chi connectivity index (χ0v) is 21.7. The summed E-state index contributed by atoms with van der Waals surface area (Å²) >= 11 is 0. The number of fused-ring (bicyclic) bond motifs is 1. The van der Waals surface area contributed by atoms with E-state index < -0.39 is 5.97 Å². The van der Waals surface area contributed by atoms with Crippen molar-refractivity contribution in [2.24, 2.45) is 5.92 Å². The number of amides is 1. The van der Waals surface area contributed by atoms with Gasteiger partial charge in [0.1, 0.15) is 0 Å². The Balaban J connectivity index is 1.25. The summed E-state index contributed by atoms with van der Waals surface area (Å²) in [6, 6.07) is 27.6. The first-order valence-electron chi connectivity index (χ1n) is 13.5. The highest BCUT2D eigenvalue weighted by Gasteiger charge is 2.43. The Morgan fingerprint density at radius 3 is 2.59 bits per heavy atom. The average molecular weight is 518 g/mol. The second-order valence-corrected chi connectivity index (χ2v) is 10.5. The van der Waals surface area contributed by atoms with Crippen molar-refractivity contribution >= 4 is 11.9 Å². The number of benzene rings is 3. The summed E-state index contributed by atoms with van der Waals surface area (Å²) in [6.07, 6.45) is 3.56. The van der Waals surface area contributed by atoms with Crippen molar-refractivity contribution in [3.05, 3.63) is 125 Å². The first-order valence-corrected chi connectivity index (χ1v) is 13.5. The fraction of sp³-hybridized carbons (Fsp3) is 0.242. The molecule has 39 heavy (non-hydrogen) atoms.